The second kappa shape index (κ2) is 6.86. The van der Waals surface area contributed by atoms with Gasteiger partial charge in [0.2, 0.25) is 0 Å². The molecule has 4 nitrogen and oxygen atoms in total. The molecule has 3 N–H and O–H groups in total. The molecular weight excluding hydrogens is 202 g/mol. The van der Waals surface area contributed by atoms with Gasteiger partial charge in [0, 0.05) is 6.04 Å². The van der Waals surface area contributed by atoms with Crippen molar-refractivity contribution in [1.29, 1.82) is 0 Å². The normalized spacial score (nSPS) is 24.8. The number of nitrogens with zero attached hydrogens (tertiary/aromatic N) is 1. The SMILES string of the molecule is CCC1CCCCCN1C(CC)C(=O)NN. The van der Waals surface area contributed by atoms with Crippen LogP contribution in [-0.2, 0) is 4.79 Å². The standard InChI is InChI=1S/C12H25N3O/c1-3-10-8-6-5-7-9-15(10)11(4-2)12(16)14-13/h10-11H,3-9,13H2,1-2H3,(H,14,16). The summed E-state index contributed by atoms with van der Waals surface area (Å²) in [5.74, 6) is 5.22. The molecule has 1 rings (SSSR count). The number of hydrogen-bond donors (Lipinski definition) is 2. The van der Waals surface area contributed by atoms with Gasteiger partial charge in [-0.2, -0.15) is 0 Å². The Morgan fingerprint density at radius 1 is 1.44 bits per heavy atom. The van der Waals surface area contributed by atoms with E-state index in [-0.39, 0.29) is 11.9 Å². The van der Waals surface area contributed by atoms with E-state index in [0.29, 0.717) is 6.04 Å². The van der Waals surface area contributed by atoms with Gasteiger partial charge >= 0.3 is 0 Å². The maximum Gasteiger partial charge on any atom is 0.251 e. The summed E-state index contributed by atoms with van der Waals surface area (Å²) in [6.45, 7) is 5.29. The van der Waals surface area contributed by atoms with Gasteiger partial charge in [0.1, 0.15) is 0 Å². The predicted molar refractivity (Wildman–Crippen MR) is 65.7 cm³/mol. The summed E-state index contributed by atoms with van der Waals surface area (Å²) in [7, 11) is 0. The number of carbonyl (C=O) groups is 1. The third-order valence-electron chi connectivity index (χ3n) is 3.63. The van der Waals surface area contributed by atoms with E-state index in [2.05, 4.69) is 24.2 Å². The molecule has 0 radical (unpaired) electrons. The van der Waals surface area contributed by atoms with E-state index >= 15 is 0 Å². The fourth-order valence-corrected chi connectivity index (χ4v) is 2.72. The Morgan fingerprint density at radius 2 is 2.19 bits per heavy atom. The molecule has 0 aromatic heterocycles. The average molecular weight is 227 g/mol. The zero-order valence-corrected chi connectivity index (χ0v) is 10.5. The Balaban J connectivity index is 2.73. The van der Waals surface area contributed by atoms with Crippen molar-refractivity contribution < 1.29 is 4.79 Å². The molecule has 1 fully saturated rings. The van der Waals surface area contributed by atoms with Crippen molar-refractivity contribution in [3.05, 3.63) is 0 Å². The first-order valence-corrected chi connectivity index (χ1v) is 6.50. The zero-order chi connectivity index (χ0) is 12.0. The quantitative estimate of drug-likeness (QED) is 0.434. The van der Waals surface area contributed by atoms with Gasteiger partial charge in [-0.05, 0) is 32.2 Å². The number of carbonyl (C=O) groups excluding carboxylic acids is 1. The zero-order valence-electron chi connectivity index (χ0n) is 10.5. The fourth-order valence-electron chi connectivity index (χ4n) is 2.72. The van der Waals surface area contributed by atoms with Crippen molar-refractivity contribution in [2.45, 2.75) is 64.5 Å². The van der Waals surface area contributed by atoms with Crippen molar-refractivity contribution in [2.24, 2.45) is 5.84 Å². The molecule has 0 spiro atoms. The van der Waals surface area contributed by atoms with E-state index < -0.39 is 0 Å². The summed E-state index contributed by atoms with van der Waals surface area (Å²) in [4.78, 5) is 14.1. The Morgan fingerprint density at radius 3 is 2.75 bits per heavy atom. The van der Waals surface area contributed by atoms with Gasteiger partial charge in [-0.15, -0.1) is 0 Å². The summed E-state index contributed by atoms with van der Waals surface area (Å²) in [5, 5.41) is 0. The van der Waals surface area contributed by atoms with E-state index in [1.807, 2.05) is 0 Å². The average Bonchev–Trinajstić information content (AvgIpc) is 2.55. The Bertz CT molecular complexity index is 220. The van der Waals surface area contributed by atoms with Crippen LogP contribution in [0.25, 0.3) is 0 Å². The number of hydrazine groups is 1. The van der Waals surface area contributed by atoms with E-state index in [1.54, 1.807) is 0 Å². The molecule has 2 atom stereocenters. The van der Waals surface area contributed by atoms with Gasteiger partial charge in [-0.3, -0.25) is 15.1 Å². The molecule has 1 saturated heterocycles. The van der Waals surface area contributed by atoms with Crippen molar-refractivity contribution in [3.8, 4) is 0 Å². The lowest BCUT2D eigenvalue weighted by Gasteiger charge is -2.35. The number of hydrogen-bond acceptors (Lipinski definition) is 3. The first-order valence-electron chi connectivity index (χ1n) is 6.50. The molecule has 94 valence electrons. The monoisotopic (exact) mass is 227 g/mol. The van der Waals surface area contributed by atoms with Crippen molar-refractivity contribution >= 4 is 5.91 Å². The van der Waals surface area contributed by atoms with E-state index in [0.717, 1.165) is 19.4 Å². The number of rotatable bonds is 4. The first-order chi connectivity index (χ1) is 7.74. The number of amides is 1. The van der Waals surface area contributed by atoms with Gasteiger partial charge in [0.25, 0.3) is 5.91 Å². The molecule has 0 bridgehead atoms. The highest BCUT2D eigenvalue weighted by atomic mass is 16.2. The molecule has 4 heteroatoms. The Hall–Kier alpha value is -0.610. The maximum absolute atomic E-state index is 11.7. The van der Waals surface area contributed by atoms with Gasteiger partial charge in [0.05, 0.1) is 6.04 Å². The minimum Gasteiger partial charge on any atom is -0.293 e. The Kier molecular flexibility index (Phi) is 5.77. The molecule has 1 aliphatic heterocycles. The molecule has 0 aliphatic carbocycles. The highest BCUT2D eigenvalue weighted by molar-refractivity contribution is 5.81. The van der Waals surface area contributed by atoms with Crippen LogP contribution in [0.15, 0.2) is 0 Å². The Labute approximate surface area is 98.5 Å². The number of nitrogens with one attached hydrogen (secondary N) is 1. The molecule has 1 aliphatic rings. The number of nitrogens with two attached hydrogens (primary N) is 1. The van der Waals surface area contributed by atoms with Gasteiger partial charge in [-0.1, -0.05) is 26.7 Å². The van der Waals surface area contributed by atoms with Crippen LogP contribution in [0.3, 0.4) is 0 Å². The van der Waals surface area contributed by atoms with E-state index in [9.17, 15) is 4.79 Å². The lowest BCUT2D eigenvalue weighted by molar-refractivity contribution is -0.127. The van der Waals surface area contributed by atoms with Gasteiger partial charge < -0.3 is 0 Å². The second-order valence-electron chi connectivity index (χ2n) is 4.58. The van der Waals surface area contributed by atoms with E-state index in [4.69, 9.17) is 5.84 Å². The fraction of sp³-hybridized carbons (Fsp3) is 0.917. The second-order valence-corrected chi connectivity index (χ2v) is 4.58. The molecular formula is C12H25N3O. The van der Waals surface area contributed by atoms with Crippen LogP contribution < -0.4 is 11.3 Å². The van der Waals surface area contributed by atoms with Crippen LogP contribution in [0.5, 0.6) is 0 Å². The number of likely N-dealkylation sites (tertiary alicyclic amines) is 1. The van der Waals surface area contributed by atoms with Crippen molar-refractivity contribution in [3.63, 3.8) is 0 Å². The third-order valence-corrected chi connectivity index (χ3v) is 3.63. The molecule has 16 heavy (non-hydrogen) atoms. The van der Waals surface area contributed by atoms with Crippen LogP contribution in [0.1, 0.15) is 52.4 Å². The highest BCUT2D eigenvalue weighted by Crippen LogP contribution is 2.22. The lowest BCUT2D eigenvalue weighted by Crippen LogP contribution is -2.52. The summed E-state index contributed by atoms with van der Waals surface area (Å²) in [6, 6.07) is 0.498. The van der Waals surface area contributed by atoms with Gasteiger partial charge in [-0.25, -0.2) is 5.84 Å². The first kappa shape index (κ1) is 13.5. The molecule has 1 amide bonds. The summed E-state index contributed by atoms with van der Waals surface area (Å²) in [6.07, 6.45) is 6.94. The van der Waals surface area contributed by atoms with Crippen LogP contribution in [0.4, 0.5) is 0 Å². The van der Waals surface area contributed by atoms with Crippen LogP contribution in [0, 0.1) is 0 Å². The van der Waals surface area contributed by atoms with E-state index in [1.165, 1.54) is 25.7 Å². The molecule has 0 aromatic carbocycles. The lowest BCUT2D eigenvalue weighted by atomic mass is 10.0. The topological polar surface area (TPSA) is 58.4 Å². The maximum atomic E-state index is 11.7. The molecule has 1 heterocycles. The minimum absolute atomic E-state index is 0.0390. The molecule has 2 unspecified atom stereocenters. The van der Waals surface area contributed by atoms with Crippen molar-refractivity contribution in [1.82, 2.24) is 10.3 Å². The van der Waals surface area contributed by atoms with Gasteiger partial charge in [0.15, 0.2) is 0 Å². The third kappa shape index (κ3) is 3.19. The predicted octanol–water partition coefficient (Wildman–Crippen LogP) is 1.41. The van der Waals surface area contributed by atoms with Crippen LogP contribution >= 0.6 is 0 Å². The summed E-state index contributed by atoms with van der Waals surface area (Å²) < 4.78 is 0. The smallest absolute Gasteiger partial charge is 0.251 e. The van der Waals surface area contributed by atoms with Crippen LogP contribution in [-0.4, -0.2) is 29.4 Å². The molecule has 0 aromatic rings. The minimum atomic E-state index is -0.0481. The van der Waals surface area contributed by atoms with Crippen LogP contribution in [0.2, 0.25) is 0 Å². The summed E-state index contributed by atoms with van der Waals surface area (Å²) in [5.41, 5.74) is 2.30. The largest absolute Gasteiger partial charge is 0.293 e. The molecule has 0 saturated carbocycles. The van der Waals surface area contributed by atoms with Crippen molar-refractivity contribution in [2.75, 3.05) is 6.54 Å². The highest BCUT2D eigenvalue weighted by Gasteiger charge is 2.29. The summed E-state index contributed by atoms with van der Waals surface area (Å²) >= 11 is 0.